The quantitative estimate of drug-likeness (QED) is 0.341. The van der Waals surface area contributed by atoms with Crippen LogP contribution in [-0.4, -0.2) is 15.0 Å². The molecule has 0 bridgehead atoms. The van der Waals surface area contributed by atoms with Gasteiger partial charge >= 0.3 is 0 Å². The van der Waals surface area contributed by atoms with Gasteiger partial charge in [-0.15, -0.1) is 0 Å². The fourth-order valence-electron chi connectivity index (χ4n) is 2.06. The van der Waals surface area contributed by atoms with Gasteiger partial charge in [0.05, 0.1) is 10.5 Å². The zero-order chi connectivity index (χ0) is 13.7. The van der Waals surface area contributed by atoms with Gasteiger partial charge in [0, 0.05) is 5.39 Å². The lowest BCUT2D eigenvalue weighted by atomic mass is 10.0. The molecule has 6 heteroatoms. The Bertz CT molecular complexity index is 831. The highest BCUT2D eigenvalue weighted by molar-refractivity contribution is 6.42. The fraction of sp³-hybridized carbons (Fsp3) is 0.154. The second kappa shape index (κ2) is 4.44. The van der Waals surface area contributed by atoms with E-state index in [0.29, 0.717) is 16.1 Å². The summed E-state index contributed by atoms with van der Waals surface area (Å²) in [7, 11) is 0. The summed E-state index contributed by atoms with van der Waals surface area (Å²) >= 11 is 18.3. The summed E-state index contributed by atoms with van der Waals surface area (Å²) in [5, 5.41) is 1.65. The Morgan fingerprint density at radius 1 is 0.895 bits per heavy atom. The smallest absolute Gasteiger partial charge is 0.224 e. The molecule has 0 fully saturated rings. The van der Waals surface area contributed by atoms with Gasteiger partial charge in [0.1, 0.15) is 11.0 Å². The molecule has 0 aliphatic heterocycles. The van der Waals surface area contributed by atoms with Crippen LogP contribution < -0.4 is 0 Å². The van der Waals surface area contributed by atoms with Crippen LogP contribution in [0.3, 0.4) is 0 Å². The van der Waals surface area contributed by atoms with E-state index in [-0.39, 0.29) is 10.4 Å². The molecule has 0 spiro atoms. The number of benzene rings is 1. The summed E-state index contributed by atoms with van der Waals surface area (Å²) in [5.74, 6) is 0. The maximum absolute atomic E-state index is 6.45. The van der Waals surface area contributed by atoms with E-state index < -0.39 is 0 Å². The molecule has 3 rings (SSSR count). The first-order chi connectivity index (χ1) is 8.99. The van der Waals surface area contributed by atoms with Crippen LogP contribution in [-0.2, 0) is 0 Å². The molecule has 96 valence electrons. The van der Waals surface area contributed by atoms with Gasteiger partial charge in [0.2, 0.25) is 5.28 Å². The first-order valence-corrected chi connectivity index (χ1v) is 6.70. The van der Waals surface area contributed by atoms with Crippen molar-refractivity contribution >= 4 is 56.7 Å². The van der Waals surface area contributed by atoms with Crippen molar-refractivity contribution in [1.29, 1.82) is 0 Å². The average Bonchev–Trinajstić information content (AvgIpc) is 2.35. The van der Waals surface area contributed by atoms with E-state index in [2.05, 4.69) is 15.0 Å². The van der Waals surface area contributed by atoms with Gasteiger partial charge in [0.25, 0.3) is 0 Å². The summed E-state index contributed by atoms with van der Waals surface area (Å²) in [5.41, 5.74) is 3.93. The van der Waals surface area contributed by atoms with Crippen LogP contribution in [0.4, 0.5) is 0 Å². The van der Waals surface area contributed by atoms with Gasteiger partial charge < -0.3 is 0 Å². The highest BCUT2D eigenvalue weighted by Gasteiger charge is 2.15. The number of pyridine rings is 1. The van der Waals surface area contributed by atoms with E-state index in [1.807, 2.05) is 26.0 Å². The zero-order valence-electron chi connectivity index (χ0n) is 10.1. The first kappa shape index (κ1) is 12.9. The van der Waals surface area contributed by atoms with E-state index >= 15 is 0 Å². The Balaban J connectivity index is 2.61. The van der Waals surface area contributed by atoms with E-state index in [9.17, 15) is 0 Å². The van der Waals surface area contributed by atoms with Crippen LogP contribution >= 0.6 is 34.8 Å². The van der Waals surface area contributed by atoms with Crippen molar-refractivity contribution in [3.8, 4) is 0 Å². The number of nitrogens with zero attached hydrogens (tertiary/aromatic N) is 3. The van der Waals surface area contributed by atoms with Crippen LogP contribution in [0.5, 0.6) is 0 Å². The molecule has 0 aliphatic rings. The maximum atomic E-state index is 6.45. The van der Waals surface area contributed by atoms with Crippen LogP contribution in [0.25, 0.3) is 21.9 Å². The van der Waals surface area contributed by atoms with Crippen molar-refractivity contribution in [2.24, 2.45) is 0 Å². The lowest BCUT2D eigenvalue weighted by molar-refractivity contribution is 1.20. The SMILES string of the molecule is Cc1ccc2nc3c(Cl)nc(Cl)nc3c(Cl)c2c1C. The molecule has 0 atom stereocenters. The minimum atomic E-state index is 0.0610. The molecule has 0 saturated heterocycles. The molecule has 3 nitrogen and oxygen atoms in total. The number of aryl methyl sites for hydroxylation is 2. The molecule has 3 aromatic rings. The normalized spacial score (nSPS) is 11.4. The molecule has 0 N–H and O–H groups in total. The molecule has 0 radical (unpaired) electrons. The molecule has 2 heterocycles. The molecule has 19 heavy (non-hydrogen) atoms. The summed E-state index contributed by atoms with van der Waals surface area (Å²) in [6, 6.07) is 3.91. The van der Waals surface area contributed by atoms with E-state index in [1.165, 1.54) is 0 Å². The number of hydrogen-bond acceptors (Lipinski definition) is 3. The van der Waals surface area contributed by atoms with Crippen molar-refractivity contribution in [2.45, 2.75) is 13.8 Å². The van der Waals surface area contributed by atoms with E-state index in [0.717, 1.165) is 22.0 Å². The predicted octanol–water partition coefficient (Wildman–Crippen LogP) is 4.76. The second-order valence-corrected chi connectivity index (χ2v) is 5.38. The summed E-state index contributed by atoms with van der Waals surface area (Å²) in [4.78, 5) is 12.5. The van der Waals surface area contributed by atoms with Crippen molar-refractivity contribution in [3.63, 3.8) is 0 Å². The lowest BCUT2D eigenvalue weighted by Crippen LogP contribution is -1.94. The van der Waals surface area contributed by atoms with Gasteiger partial charge in [-0.25, -0.2) is 15.0 Å². The summed E-state index contributed by atoms with van der Waals surface area (Å²) < 4.78 is 0. The third kappa shape index (κ3) is 1.93. The van der Waals surface area contributed by atoms with Gasteiger partial charge in [-0.05, 0) is 42.6 Å². The Morgan fingerprint density at radius 2 is 1.63 bits per heavy atom. The highest BCUT2D eigenvalue weighted by atomic mass is 35.5. The van der Waals surface area contributed by atoms with Crippen molar-refractivity contribution in [1.82, 2.24) is 15.0 Å². The monoisotopic (exact) mass is 311 g/mol. The third-order valence-corrected chi connectivity index (χ3v) is 3.99. The van der Waals surface area contributed by atoms with Crippen LogP contribution in [0, 0.1) is 13.8 Å². The number of halogens is 3. The zero-order valence-corrected chi connectivity index (χ0v) is 12.4. The fourth-order valence-corrected chi connectivity index (χ4v) is 2.86. The van der Waals surface area contributed by atoms with Gasteiger partial charge in [-0.1, -0.05) is 29.3 Å². The Morgan fingerprint density at radius 3 is 2.37 bits per heavy atom. The third-order valence-electron chi connectivity index (χ3n) is 3.19. The van der Waals surface area contributed by atoms with Gasteiger partial charge in [-0.2, -0.15) is 0 Å². The standard InChI is InChI=1S/C13H8Cl3N3/c1-5-3-4-7-8(6(5)2)9(14)10-11(17-7)12(15)19-13(16)18-10/h3-4H,1-2H3. The number of hydrogen-bond donors (Lipinski definition) is 0. The molecular formula is C13H8Cl3N3. The minimum Gasteiger partial charge on any atom is -0.243 e. The minimum absolute atomic E-state index is 0.0610. The van der Waals surface area contributed by atoms with E-state index in [1.54, 1.807) is 0 Å². The van der Waals surface area contributed by atoms with Crippen LogP contribution in [0.1, 0.15) is 11.1 Å². The van der Waals surface area contributed by atoms with Gasteiger partial charge in [0.15, 0.2) is 5.15 Å². The number of rotatable bonds is 0. The van der Waals surface area contributed by atoms with Crippen molar-refractivity contribution in [2.75, 3.05) is 0 Å². The first-order valence-electron chi connectivity index (χ1n) is 5.57. The Kier molecular flexibility index (Phi) is 3.01. The molecule has 0 amide bonds. The molecule has 1 aromatic carbocycles. The predicted molar refractivity (Wildman–Crippen MR) is 79.3 cm³/mol. The molecular weight excluding hydrogens is 305 g/mol. The number of fused-ring (bicyclic) bond motifs is 2. The second-order valence-electron chi connectivity index (χ2n) is 4.31. The van der Waals surface area contributed by atoms with Gasteiger partial charge in [-0.3, -0.25) is 0 Å². The Hall–Kier alpha value is -1.16. The molecule has 0 saturated carbocycles. The molecule has 0 unspecified atom stereocenters. The average molecular weight is 313 g/mol. The Labute approximate surface area is 124 Å². The van der Waals surface area contributed by atoms with Crippen LogP contribution in [0.2, 0.25) is 15.5 Å². The maximum Gasteiger partial charge on any atom is 0.224 e. The van der Waals surface area contributed by atoms with Crippen molar-refractivity contribution < 1.29 is 0 Å². The summed E-state index contributed by atoms with van der Waals surface area (Å²) in [6.45, 7) is 4.02. The highest BCUT2D eigenvalue weighted by Crippen LogP contribution is 2.34. The topological polar surface area (TPSA) is 38.7 Å². The van der Waals surface area contributed by atoms with E-state index in [4.69, 9.17) is 34.8 Å². The largest absolute Gasteiger partial charge is 0.243 e. The number of aromatic nitrogens is 3. The molecule has 0 aliphatic carbocycles. The summed E-state index contributed by atoms with van der Waals surface area (Å²) in [6.07, 6.45) is 0. The molecule has 2 aromatic heterocycles. The lowest BCUT2D eigenvalue weighted by Gasteiger charge is -2.10. The van der Waals surface area contributed by atoms with Crippen molar-refractivity contribution in [3.05, 3.63) is 38.7 Å². The van der Waals surface area contributed by atoms with Crippen LogP contribution in [0.15, 0.2) is 12.1 Å².